The third-order valence-electron chi connectivity index (χ3n) is 2.12. The number of aliphatic imine (C=N–C) groups is 1. The van der Waals surface area contributed by atoms with Crippen molar-refractivity contribution in [2.75, 3.05) is 26.3 Å². The lowest BCUT2D eigenvalue weighted by Gasteiger charge is -2.05. The van der Waals surface area contributed by atoms with E-state index in [-0.39, 0.29) is 0 Å². The van der Waals surface area contributed by atoms with Gasteiger partial charge in [-0.1, -0.05) is 18.2 Å². The van der Waals surface area contributed by atoms with Crippen molar-refractivity contribution in [3.63, 3.8) is 0 Å². The van der Waals surface area contributed by atoms with Crippen molar-refractivity contribution in [2.24, 2.45) is 10.7 Å². The van der Waals surface area contributed by atoms with Crippen molar-refractivity contribution in [1.82, 2.24) is 5.32 Å². The predicted octanol–water partition coefficient (Wildman–Crippen LogP) is 1.79. The maximum atomic E-state index is 5.72. The Kier molecular flexibility index (Phi) is 7.13. The summed E-state index contributed by atoms with van der Waals surface area (Å²) in [5.41, 5.74) is 6.74. The molecule has 4 nitrogen and oxygen atoms in total. The summed E-state index contributed by atoms with van der Waals surface area (Å²) in [6, 6.07) is 4.17. The van der Waals surface area contributed by atoms with E-state index in [0.717, 1.165) is 18.5 Å². The molecule has 0 amide bonds. The molecule has 0 atom stereocenters. The first kappa shape index (κ1) is 14.7. The van der Waals surface area contributed by atoms with Crippen LogP contribution in [0.4, 0.5) is 0 Å². The van der Waals surface area contributed by atoms with Crippen molar-refractivity contribution in [3.05, 3.63) is 34.5 Å². The molecule has 5 heteroatoms. The lowest BCUT2D eigenvalue weighted by molar-refractivity contribution is 0.164. The van der Waals surface area contributed by atoms with E-state index in [0.29, 0.717) is 25.7 Å². The van der Waals surface area contributed by atoms with Crippen LogP contribution >= 0.6 is 11.3 Å². The zero-order valence-corrected chi connectivity index (χ0v) is 11.6. The molecule has 3 N–H and O–H groups in total. The van der Waals surface area contributed by atoms with Crippen LogP contribution in [0.25, 0.3) is 0 Å². The van der Waals surface area contributed by atoms with Crippen LogP contribution in [0.5, 0.6) is 0 Å². The summed E-state index contributed by atoms with van der Waals surface area (Å²) in [4.78, 5) is 5.52. The van der Waals surface area contributed by atoms with Gasteiger partial charge in [-0.25, -0.2) is 0 Å². The van der Waals surface area contributed by atoms with Crippen LogP contribution < -0.4 is 11.1 Å². The third-order valence-corrected chi connectivity index (χ3v) is 3.06. The van der Waals surface area contributed by atoms with Crippen molar-refractivity contribution in [1.29, 1.82) is 0 Å². The van der Waals surface area contributed by atoms with Crippen LogP contribution in [0.3, 0.4) is 0 Å². The fourth-order valence-corrected chi connectivity index (χ4v) is 2.01. The van der Waals surface area contributed by atoms with E-state index < -0.39 is 0 Å². The second-order valence-electron chi connectivity index (χ2n) is 4.03. The zero-order valence-electron chi connectivity index (χ0n) is 10.8. The molecule has 0 spiro atoms. The number of nitrogens with zero attached hydrogens (tertiary/aromatic N) is 1. The summed E-state index contributed by atoms with van der Waals surface area (Å²) in [5.74, 6) is 0.477. The minimum atomic E-state index is 0.477. The van der Waals surface area contributed by atoms with Gasteiger partial charge in [0.25, 0.3) is 0 Å². The maximum Gasteiger partial charge on any atom is 0.188 e. The average Bonchev–Trinajstić information content (AvgIpc) is 2.81. The highest BCUT2D eigenvalue weighted by Crippen LogP contribution is 2.07. The van der Waals surface area contributed by atoms with Gasteiger partial charge in [-0.2, -0.15) is 0 Å². The second kappa shape index (κ2) is 8.72. The lowest BCUT2D eigenvalue weighted by atomic mass is 10.3. The van der Waals surface area contributed by atoms with Gasteiger partial charge in [0.2, 0.25) is 0 Å². The number of nitrogens with one attached hydrogen (secondary N) is 1. The van der Waals surface area contributed by atoms with Gasteiger partial charge in [0.05, 0.1) is 19.8 Å². The summed E-state index contributed by atoms with van der Waals surface area (Å²) in [5, 5.41) is 5.16. The molecule has 0 saturated carbocycles. The fraction of sp³-hybridized carbons (Fsp3) is 0.462. The third kappa shape index (κ3) is 7.09. The summed E-state index contributed by atoms with van der Waals surface area (Å²) in [6.07, 6.45) is 0.972. The highest BCUT2D eigenvalue weighted by atomic mass is 32.1. The van der Waals surface area contributed by atoms with Crippen molar-refractivity contribution in [2.45, 2.75) is 13.3 Å². The monoisotopic (exact) mass is 267 g/mol. The summed E-state index contributed by atoms with van der Waals surface area (Å²) >= 11 is 1.75. The molecule has 0 radical (unpaired) electrons. The molecule has 0 aliphatic carbocycles. The largest absolute Gasteiger partial charge is 0.375 e. The van der Waals surface area contributed by atoms with E-state index in [1.165, 1.54) is 4.88 Å². The van der Waals surface area contributed by atoms with E-state index in [1.807, 2.05) is 6.92 Å². The fourth-order valence-electron chi connectivity index (χ4n) is 1.30. The van der Waals surface area contributed by atoms with Crippen molar-refractivity contribution in [3.8, 4) is 0 Å². The van der Waals surface area contributed by atoms with E-state index in [2.05, 4.69) is 34.4 Å². The molecule has 0 aromatic carbocycles. The zero-order chi connectivity index (χ0) is 13.2. The quantitative estimate of drug-likeness (QED) is 0.327. The van der Waals surface area contributed by atoms with Gasteiger partial charge in [-0.3, -0.25) is 4.99 Å². The van der Waals surface area contributed by atoms with E-state index in [1.54, 1.807) is 11.3 Å². The van der Waals surface area contributed by atoms with Crippen LogP contribution in [-0.4, -0.2) is 32.3 Å². The van der Waals surface area contributed by atoms with Crippen molar-refractivity contribution < 1.29 is 4.74 Å². The molecular weight excluding hydrogens is 246 g/mol. The van der Waals surface area contributed by atoms with Gasteiger partial charge in [0, 0.05) is 11.4 Å². The average molecular weight is 267 g/mol. The van der Waals surface area contributed by atoms with Gasteiger partial charge < -0.3 is 15.8 Å². The Balaban J connectivity index is 2.04. The Morgan fingerprint density at radius 1 is 1.61 bits per heavy atom. The topological polar surface area (TPSA) is 59.6 Å². The molecule has 0 aliphatic heterocycles. The number of hydrogen-bond acceptors (Lipinski definition) is 3. The highest BCUT2D eigenvalue weighted by molar-refractivity contribution is 7.09. The van der Waals surface area contributed by atoms with Crippen LogP contribution in [0.2, 0.25) is 0 Å². The number of thiophene rings is 1. The molecule has 18 heavy (non-hydrogen) atoms. The minimum absolute atomic E-state index is 0.477. The molecule has 100 valence electrons. The van der Waals surface area contributed by atoms with E-state index >= 15 is 0 Å². The van der Waals surface area contributed by atoms with E-state index in [9.17, 15) is 0 Å². The number of hydrogen-bond donors (Lipinski definition) is 2. The molecular formula is C13H21N3OS. The van der Waals surface area contributed by atoms with Gasteiger partial charge in [0.1, 0.15) is 0 Å². The van der Waals surface area contributed by atoms with Crippen molar-refractivity contribution >= 4 is 17.3 Å². The molecule has 0 fully saturated rings. The molecule has 1 rings (SSSR count). The standard InChI is InChI=1S/C13H21N3OS/c1-11(2)10-17-8-7-16-13(14)15-6-5-12-4-3-9-18-12/h3-4,9H,1,5-8,10H2,2H3,(H3,14,15,16). The Bertz CT molecular complexity index is 374. The Labute approximate surface area is 113 Å². The molecule has 0 unspecified atom stereocenters. The lowest BCUT2D eigenvalue weighted by Crippen LogP contribution is -2.33. The summed E-state index contributed by atoms with van der Waals surface area (Å²) < 4.78 is 5.32. The molecule has 1 heterocycles. The number of rotatable bonds is 8. The number of nitrogens with two attached hydrogens (primary N) is 1. The normalized spacial score (nSPS) is 11.5. The second-order valence-corrected chi connectivity index (χ2v) is 5.07. The molecule has 1 aromatic rings. The summed E-state index contributed by atoms with van der Waals surface area (Å²) in [7, 11) is 0. The first-order valence-corrected chi connectivity index (χ1v) is 6.84. The molecule has 0 bridgehead atoms. The SMILES string of the molecule is C=C(C)COCCN=C(N)NCCc1cccs1. The van der Waals surface area contributed by atoms with Gasteiger partial charge in [-0.15, -0.1) is 11.3 Å². The number of guanidine groups is 1. The Morgan fingerprint density at radius 3 is 3.11 bits per heavy atom. The van der Waals surface area contributed by atoms with E-state index in [4.69, 9.17) is 10.5 Å². The van der Waals surface area contributed by atoms with Crippen LogP contribution in [-0.2, 0) is 11.2 Å². The van der Waals surface area contributed by atoms with Crippen LogP contribution in [0, 0.1) is 0 Å². The highest BCUT2D eigenvalue weighted by Gasteiger charge is 1.95. The molecule has 0 aliphatic rings. The predicted molar refractivity (Wildman–Crippen MR) is 78.1 cm³/mol. The Morgan fingerprint density at radius 2 is 2.44 bits per heavy atom. The smallest absolute Gasteiger partial charge is 0.188 e. The van der Waals surface area contributed by atoms with Gasteiger partial charge >= 0.3 is 0 Å². The first-order valence-electron chi connectivity index (χ1n) is 5.97. The Hall–Kier alpha value is -1.33. The van der Waals surface area contributed by atoms with Gasteiger partial charge in [0.15, 0.2) is 5.96 Å². The summed E-state index contributed by atoms with van der Waals surface area (Å²) in [6.45, 7) is 8.23. The first-order chi connectivity index (χ1) is 8.68. The number of ether oxygens (including phenoxy) is 1. The minimum Gasteiger partial charge on any atom is -0.375 e. The molecule has 1 aromatic heterocycles. The maximum absolute atomic E-state index is 5.72. The molecule has 0 saturated heterocycles. The van der Waals surface area contributed by atoms with Gasteiger partial charge in [-0.05, 0) is 24.8 Å². The van der Waals surface area contributed by atoms with Crippen LogP contribution in [0.1, 0.15) is 11.8 Å². The van der Waals surface area contributed by atoms with Crippen LogP contribution in [0.15, 0.2) is 34.7 Å².